The predicted molar refractivity (Wildman–Crippen MR) is 69.5 cm³/mol. The number of rotatable bonds is 1. The second-order valence-corrected chi connectivity index (χ2v) is 6.45. The molecule has 3 atom stereocenters. The molecule has 2 aliphatic rings. The molecule has 1 aromatic rings. The van der Waals surface area contributed by atoms with E-state index in [1.54, 1.807) is 0 Å². The van der Waals surface area contributed by atoms with Crippen LogP contribution in [0.15, 0.2) is 35.7 Å². The molecule has 1 heterocycles. The molecule has 2 aliphatic carbocycles. The quantitative estimate of drug-likeness (QED) is 0.461. The number of nitrogens with zero attached hydrogens (tertiary/aromatic N) is 2. The minimum atomic E-state index is 0.0277. The summed E-state index contributed by atoms with van der Waals surface area (Å²) in [5.74, 6) is 0.556. The van der Waals surface area contributed by atoms with Crippen molar-refractivity contribution in [1.29, 1.82) is 0 Å². The Labute approximate surface area is 108 Å². The molecule has 3 unspecified atom stereocenters. The van der Waals surface area contributed by atoms with Crippen LogP contribution in [0.4, 0.5) is 0 Å². The summed E-state index contributed by atoms with van der Waals surface area (Å²) < 4.78 is 2.20. The van der Waals surface area contributed by atoms with Crippen LogP contribution in [0.1, 0.15) is 39.7 Å². The van der Waals surface area contributed by atoms with Crippen LogP contribution in [0, 0.1) is 16.7 Å². The zero-order valence-corrected chi connectivity index (χ0v) is 11.3. The number of hydrogen-bond donors (Lipinski definition) is 1. The molecule has 2 fully saturated rings. The highest BCUT2D eigenvalue weighted by atomic mass is 16.4. The van der Waals surface area contributed by atoms with Gasteiger partial charge in [-0.3, -0.25) is 0 Å². The van der Waals surface area contributed by atoms with E-state index in [1.165, 1.54) is 6.42 Å². The number of hydrogen-bond acceptors (Lipinski definition) is 2. The van der Waals surface area contributed by atoms with E-state index in [-0.39, 0.29) is 16.9 Å². The molecular weight excluding hydrogens is 224 g/mol. The molecule has 18 heavy (non-hydrogen) atoms. The van der Waals surface area contributed by atoms with Gasteiger partial charge in [0.15, 0.2) is 12.4 Å². The van der Waals surface area contributed by atoms with Crippen LogP contribution in [-0.2, 0) is 0 Å². The highest BCUT2D eigenvalue weighted by Crippen LogP contribution is 2.66. The summed E-state index contributed by atoms with van der Waals surface area (Å²) in [5, 5.41) is 13.2. The Bertz CT molecular complexity index is 494. The second-order valence-electron chi connectivity index (χ2n) is 6.45. The predicted octanol–water partition coefficient (Wildman–Crippen LogP) is 2.80. The van der Waals surface area contributed by atoms with Crippen LogP contribution < -0.4 is 4.57 Å². The normalized spacial score (nSPS) is 39.4. The van der Waals surface area contributed by atoms with Crippen LogP contribution in [0.3, 0.4) is 0 Å². The van der Waals surface area contributed by atoms with Gasteiger partial charge in [0.1, 0.15) is 5.71 Å². The second kappa shape index (κ2) is 3.56. The minimum absolute atomic E-state index is 0.0277. The van der Waals surface area contributed by atoms with Gasteiger partial charge in [-0.1, -0.05) is 32.0 Å². The molecule has 0 aliphatic heterocycles. The third-order valence-electron chi connectivity index (χ3n) is 5.70. The Morgan fingerprint density at radius 1 is 1.22 bits per heavy atom. The van der Waals surface area contributed by atoms with Gasteiger partial charge in [-0.15, -0.1) is 0 Å². The first kappa shape index (κ1) is 11.7. The van der Waals surface area contributed by atoms with E-state index < -0.39 is 0 Å². The molecule has 0 saturated heterocycles. The zero-order valence-electron chi connectivity index (χ0n) is 11.3. The van der Waals surface area contributed by atoms with Gasteiger partial charge in [0.2, 0.25) is 6.04 Å². The summed E-state index contributed by atoms with van der Waals surface area (Å²) >= 11 is 0. The van der Waals surface area contributed by atoms with Gasteiger partial charge in [0, 0.05) is 23.5 Å². The molecular formula is C15H21N2O+. The van der Waals surface area contributed by atoms with Crippen molar-refractivity contribution in [2.75, 3.05) is 0 Å². The minimum Gasteiger partial charge on any atom is -0.411 e. The Balaban J connectivity index is 2.13. The lowest BCUT2D eigenvalue weighted by Gasteiger charge is -2.32. The van der Waals surface area contributed by atoms with Crippen LogP contribution in [-0.4, -0.2) is 10.9 Å². The molecule has 96 valence electrons. The van der Waals surface area contributed by atoms with E-state index in [2.05, 4.69) is 42.9 Å². The van der Waals surface area contributed by atoms with Gasteiger partial charge < -0.3 is 5.21 Å². The third kappa shape index (κ3) is 1.20. The molecule has 2 saturated carbocycles. The number of aromatic nitrogens is 1. The van der Waals surface area contributed by atoms with Crippen molar-refractivity contribution in [2.24, 2.45) is 21.9 Å². The fourth-order valence-corrected chi connectivity index (χ4v) is 4.18. The van der Waals surface area contributed by atoms with Gasteiger partial charge in [0.05, 0.1) is 0 Å². The first-order valence-corrected chi connectivity index (χ1v) is 6.70. The summed E-state index contributed by atoms with van der Waals surface area (Å²) in [6.07, 6.45) is 6.51. The Morgan fingerprint density at radius 3 is 2.50 bits per heavy atom. The topological polar surface area (TPSA) is 36.5 Å². The summed E-state index contributed by atoms with van der Waals surface area (Å²) in [6, 6.07) is 6.31. The largest absolute Gasteiger partial charge is 0.411 e. The molecule has 0 radical (unpaired) electrons. The van der Waals surface area contributed by atoms with Crippen molar-refractivity contribution in [3.8, 4) is 0 Å². The van der Waals surface area contributed by atoms with E-state index in [0.29, 0.717) is 5.92 Å². The fraction of sp³-hybridized carbons (Fsp3) is 0.600. The van der Waals surface area contributed by atoms with Crippen LogP contribution in [0.5, 0.6) is 0 Å². The van der Waals surface area contributed by atoms with Gasteiger partial charge in [-0.05, 0) is 18.3 Å². The molecule has 0 amide bonds. The Kier molecular flexibility index (Phi) is 2.31. The van der Waals surface area contributed by atoms with Crippen molar-refractivity contribution in [1.82, 2.24) is 0 Å². The van der Waals surface area contributed by atoms with Crippen molar-refractivity contribution >= 4 is 5.71 Å². The van der Waals surface area contributed by atoms with Gasteiger partial charge >= 0.3 is 0 Å². The molecule has 3 rings (SSSR count). The SMILES string of the molecule is CC12CCC(C([n+]3ccccc3)/C1=N\O)C2(C)C. The first-order valence-electron chi connectivity index (χ1n) is 6.70. The standard InChI is InChI=1S/C15H20N2O/c1-14(2)11-7-8-15(14,3)13(16-18)12(11)17-9-5-4-6-10-17/h4-6,9-12H,7-8H2,1-3H3/p+1/b16-13+. The van der Waals surface area contributed by atoms with E-state index in [9.17, 15) is 5.21 Å². The Hall–Kier alpha value is -1.38. The highest BCUT2D eigenvalue weighted by Gasteiger charge is 2.68. The maximum Gasteiger partial charge on any atom is 0.203 e. The van der Waals surface area contributed by atoms with Gasteiger partial charge in [-0.2, -0.15) is 4.57 Å². The van der Waals surface area contributed by atoms with E-state index in [1.807, 2.05) is 18.2 Å². The summed E-state index contributed by atoms with van der Waals surface area (Å²) in [7, 11) is 0. The van der Waals surface area contributed by atoms with E-state index in [4.69, 9.17) is 0 Å². The molecule has 0 spiro atoms. The Morgan fingerprint density at radius 2 is 1.89 bits per heavy atom. The van der Waals surface area contributed by atoms with Gasteiger partial charge in [-0.25, -0.2) is 0 Å². The summed E-state index contributed by atoms with van der Waals surface area (Å²) in [4.78, 5) is 0. The molecule has 2 bridgehead atoms. The smallest absolute Gasteiger partial charge is 0.203 e. The van der Waals surface area contributed by atoms with E-state index >= 15 is 0 Å². The van der Waals surface area contributed by atoms with Crippen molar-refractivity contribution in [3.05, 3.63) is 30.6 Å². The average Bonchev–Trinajstić information content (AvgIpc) is 2.70. The van der Waals surface area contributed by atoms with Crippen molar-refractivity contribution in [3.63, 3.8) is 0 Å². The lowest BCUT2D eigenvalue weighted by atomic mass is 9.70. The van der Waals surface area contributed by atoms with Crippen LogP contribution >= 0.6 is 0 Å². The zero-order chi connectivity index (χ0) is 13.0. The maximum atomic E-state index is 9.49. The first-order chi connectivity index (χ1) is 8.52. The molecule has 3 heteroatoms. The highest BCUT2D eigenvalue weighted by molar-refractivity contribution is 5.96. The lowest BCUT2D eigenvalue weighted by Crippen LogP contribution is -2.47. The average molecular weight is 245 g/mol. The molecule has 1 aromatic heterocycles. The summed E-state index contributed by atoms with van der Waals surface area (Å²) in [6.45, 7) is 6.89. The fourth-order valence-electron chi connectivity index (χ4n) is 4.18. The van der Waals surface area contributed by atoms with E-state index in [0.717, 1.165) is 12.1 Å². The van der Waals surface area contributed by atoms with Gasteiger partial charge in [0.25, 0.3) is 0 Å². The maximum absolute atomic E-state index is 9.49. The molecule has 3 nitrogen and oxygen atoms in total. The van der Waals surface area contributed by atoms with Crippen molar-refractivity contribution in [2.45, 2.75) is 39.7 Å². The van der Waals surface area contributed by atoms with Crippen LogP contribution in [0.25, 0.3) is 0 Å². The number of pyridine rings is 1. The van der Waals surface area contributed by atoms with Crippen molar-refractivity contribution < 1.29 is 9.77 Å². The molecule has 0 aromatic carbocycles. The lowest BCUT2D eigenvalue weighted by molar-refractivity contribution is -0.713. The number of oxime groups is 1. The molecule has 1 N–H and O–H groups in total. The monoisotopic (exact) mass is 245 g/mol. The van der Waals surface area contributed by atoms with Crippen LogP contribution in [0.2, 0.25) is 0 Å². The number of fused-ring (bicyclic) bond motifs is 2. The third-order valence-corrected chi connectivity index (χ3v) is 5.70. The summed E-state index contributed by atoms with van der Waals surface area (Å²) in [5.41, 5.74) is 1.18.